The first kappa shape index (κ1) is 22.2. The van der Waals surface area contributed by atoms with Gasteiger partial charge in [0.05, 0.1) is 25.7 Å². The van der Waals surface area contributed by atoms with Crippen molar-refractivity contribution < 1.29 is 49.3 Å². The number of rotatable bonds is 5. The van der Waals surface area contributed by atoms with Crippen molar-refractivity contribution in [3.63, 3.8) is 0 Å². The maximum Gasteiger partial charge on any atom is 0.337 e. The average Bonchev–Trinajstić information content (AvgIpc) is 3.22. The second-order valence-corrected chi connectivity index (χ2v) is 9.16. The Hall–Kier alpha value is -1.63. The highest BCUT2D eigenvalue weighted by Crippen LogP contribution is 2.59. The Morgan fingerprint density at radius 3 is 2.75 bits per heavy atom. The van der Waals surface area contributed by atoms with Gasteiger partial charge in [-0.3, -0.25) is 0 Å². The van der Waals surface area contributed by atoms with Crippen LogP contribution in [-0.2, 0) is 23.7 Å². The van der Waals surface area contributed by atoms with Gasteiger partial charge in [0.25, 0.3) is 0 Å². The number of carbonyl (C=O) groups is 1. The highest BCUT2D eigenvalue weighted by molar-refractivity contribution is 5.94. The van der Waals surface area contributed by atoms with Gasteiger partial charge in [-0.05, 0) is 18.9 Å². The van der Waals surface area contributed by atoms with Crippen molar-refractivity contribution in [3.8, 4) is 0 Å². The lowest BCUT2D eigenvalue weighted by Gasteiger charge is -2.47. The predicted octanol–water partition coefficient (Wildman–Crippen LogP) is -1.34. The minimum atomic E-state index is -1.55. The molecule has 6 rings (SSSR count). The van der Waals surface area contributed by atoms with Crippen LogP contribution in [0.15, 0.2) is 35.5 Å². The normalized spacial score (nSPS) is 47.5. The molecule has 10 nitrogen and oxygen atoms in total. The molecule has 2 saturated heterocycles. The molecule has 32 heavy (non-hydrogen) atoms. The van der Waals surface area contributed by atoms with Crippen LogP contribution < -0.4 is 0 Å². The number of fused-ring (bicyclic) bond motifs is 1. The zero-order chi connectivity index (χ0) is 22.8. The molecule has 5 N–H and O–H groups in total. The standard InChI is InChI=1S/C22H28O10/c1-10-2-3-13-15(10)22-12(4-6-21(13,28)9-30-22)11(19(27)32-22)5-7-29-20-18(26)17(25)16(24)14(8-23)31-20/h4,6,13-18,20,23-26,28H,1-3,5,7-9H2. The number of hydrogen-bond donors (Lipinski definition) is 5. The summed E-state index contributed by atoms with van der Waals surface area (Å²) in [5.74, 6) is -2.37. The van der Waals surface area contributed by atoms with Crippen molar-refractivity contribution in [3.05, 3.63) is 35.5 Å². The summed E-state index contributed by atoms with van der Waals surface area (Å²) in [6.07, 6.45) is -2.02. The van der Waals surface area contributed by atoms with Crippen LogP contribution >= 0.6 is 0 Å². The summed E-state index contributed by atoms with van der Waals surface area (Å²) >= 11 is 0. The topological polar surface area (TPSA) is 155 Å². The lowest BCUT2D eigenvalue weighted by atomic mass is 9.74. The van der Waals surface area contributed by atoms with Crippen molar-refractivity contribution in [2.24, 2.45) is 11.8 Å². The summed E-state index contributed by atoms with van der Waals surface area (Å²) in [7, 11) is 0. The highest BCUT2D eigenvalue weighted by Gasteiger charge is 2.66. The molecule has 0 radical (unpaired) electrons. The minimum Gasteiger partial charge on any atom is -0.424 e. The fourth-order valence-electron chi connectivity index (χ4n) is 5.69. The van der Waals surface area contributed by atoms with Gasteiger partial charge in [-0.15, -0.1) is 0 Å². The molecular formula is C22H28O10. The summed E-state index contributed by atoms with van der Waals surface area (Å²) in [6, 6.07) is 0. The van der Waals surface area contributed by atoms with Crippen molar-refractivity contribution in [2.75, 3.05) is 19.8 Å². The summed E-state index contributed by atoms with van der Waals surface area (Å²) < 4.78 is 22.7. The van der Waals surface area contributed by atoms with E-state index in [1.807, 2.05) is 0 Å². The van der Waals surface area contributed by atoms with Crippen molar-refractivity contribution >= 4 is 5.97 Å². The van der Waals surface area contributed by atoms with E-state index < -0.39 is 54.7 Å². The summed E-state index contributed by atoms with van der Waals surface area (Å²) in [6.45, 7) is 3.51. The molecule has 10 heteroatoms. The van der Waals surface area contributed by atoms with Gasteiger partial charge in [-0.2, -0.15) is 0 Å². The number of ether oxygens (including phenoxy) is 4. The van der Waals surface area contributed by atoms with Crippen LogP contribution in [0, 0.1) is 11.8 Å². The van der Waals surface area contributed by atoms with Crippen LogP contribution in [-0.4, -0.2) is 93.4 Å². The third-order valence-corrected chi connectivity index (χ3v) is 7.40. The quantitative estimate of drug-likeness (QED) is 0.250. The molecule has 4 heterocycles. The van der Waals surface area contributed by atoms with Gasteiger partial charge in [0.1, 0.15) is 30.0 Å². The van der Waals surface area contributed by atoms with Crippen molar-refractivity contribution in [1.82, 2.24) is 0 Å². The molecule has 0 amide bonds. The SMILES string of the molecule is C=C1CCC2C1C13OCC2(O)C=CC1=C(CCOC1OC(CO)C(O)C(O)C1O)C(=O)O3. The van der Waals surface area contributed by atoms with Gasteiger partial charge in [0, 0.05) is 23.5 Å². The van der Waals surface area contributed by atoms with E-state index in [1.54, 1.807) is 12.2 Å². The molecule has 0 aromatic heterocycles. The fraction of sp³-hybridized carbons (Fsp3) is 0.682. The zero-order valence-corrected chi connectivity index (χ0v) is 17.4. The molecule has 6 aliphatic rings. The number of hydrogen-bond acceptors (Lipinski definition) is 10. The van der Waals surface area contributed by atoms with Gasteiger partial charge < -0.3 is 44.5 Å². The Kier molecular flexibility index (Phi) is 5.34. The molecule has 176 valence electrons. The van der Waals surface area contributed by atoms with Crippen molar-refractivity contribution in [2.45, 2.75) is 61.4 Å². The van der Waals surface area contributed by atoms with Gasteiger partial charge in [0.2, 0.25) is 5.79 Å². The Morgan fingerprint density at radius 2 is 2.00 bits per heavy atom. The number of esters is 1. The molecule has 9 unspecified atom stereocenters. The van der Waals surface area contributed by atoms with E-state index in [2.05, 4.69) is 6.58 Å². The van der Waals surface area contributed by atoms with E-state index in [4.69, 9.17) is 18.9 Å². The number of aliphatic hydroxyl groups excluding tert-OH is 4. The van der Waals surface area contributed by atoms with Crippen LogP contribution in [0.2, 0.25) is 0 Å². The van der Waals surface area contributed by atoms with E-state index in [1.165, 1.54) is 0 Å². The second-order valence-electron chi connectivity index (χ2n) is 9.16. The molecule has 4 aliphatic heterocycles. The number of carbonyl (C=O) groups excluding carboxylic acids is 1. The van der Waals surface area contributed by atoms with Crippen LogP contribution in [0.3, 0.4) is 0 Å². The smallest absolute Gasteiger partial charge is 0.337 e. The Labute approximate surface area is 184 Å². The summed E-state index contributed by atoms with van der Waals surface area (Å²) in [5, 5.41) is 50.3. The first-order valence-corrected chi connectivity index (χ1v) is 10.8. The Balaban J connectivity index is 1.36. The third kappa shape index (κ3) is 3.06. The molecule has 3 fully saturated rings. The zero-order valence-electron chi connectivity index (χ0n) is 17.4. The fourth-order valence-corrected chi connectivity index (χ4v) is 5.69. The van der Waals surface area contributed by atoms with Gasteiger partial charge in [-0.25, -0.2) is 4.79 Å². The number of aliphatic hydroxyl groups is 5. The monoisotopic (exact) mass is 452 g/mol. The average molecular weight is 452 g/mol. The van der Waals surface area contributed by atoms with Crippen LogP contribution in [0.4, 0.5) is 0 Å². The van der Waals surface area contributed by atoms with E-state index in [0.29, 0.717) is 11.1 Å². The first-order chi connectivity index (χ1) is 15.2. The van der Waals surface area contributed by atoms with E-state index in [-0.39, 0.29) is 31.5 Å². The molecule has 0 aromatic rings. The van der Waals surface area contributed by atoms with Crippen molar-refractivity contribution in [1.29, 1.82) is 0 Å². The summed E-state index contributed by atoms with van der Waals surface area (Å²) in [4.78, 5) is 12.8. The lowest BCUT2D eigenvalue weighted by Crippen LogP contribution is -2.59. The Bertz CT molecular complexity index is 880. The lowest BCUT2D eigenvalue weighted by molar-refractivity contribution is -0.300. The van der Waals surface area contributed by atoms with Gasteiger partial charge in [-0.1, -0.05) is 18.2 Å². The molecule has 0 aromatic carbocycles. The van der Waals surface area contributed by atoms with Crippen LogP contribution in [0.1, 0.15) is 19.3 Å². The predicted molar refractivity (Wildman–Crippen MR) is 106 cm³/mol. The van der Waals surface area contributed by atoms with Crippen LogP contribution in [0.5, 0.6) is 0 Å². The third-order valence-electron chi connectivity index (χ3n) is 7.40. The highest BCUT2D eigenvalue weighted by atomic mass is 16.7. The first-order valence-electron chi connectivity index (χ1n) is 10.8. The van der Waals surface area contributed by atoms with Crippen LogP contribution in [0.25, 0.3) is 0 Å². The molecule has 2 bridgehead atoms. The molecule has 2 aliphatic carbocycles. The summed E-state index contributed by atoms with van der Waals surface area (Å²) in [5.41, 5.74) is 0.583. The van der Waals surface area contributed by atoms with Gasteiger partial charge >= 0.3 is 5.97 Å². The second kappa shape index (κ2) is 7.71. The van der Waals surface area contributed by atoms with E-state index in [0.717, 1.165) is 18.4 Å². The molecular weight excluding hydrogens is 424 g/mol. The molecule has 1 saturated carbocycles. The maximum atomic E-state index is 12.8. The van der Waals surface area contributed by atoms with E-state index >= 15 is 0 Å². The largest absolute Gasteiger partial charge is 0.424 e. The molecule has 9 atom stereocenters. The minimum absolute atomic E-state index is 0.0172. The van der Waals surface area contributed by atoms with Gasteiger partial charge in [0.15, 0.2) is 6.29 Å². The maximum absolute atomic E-state index is 12.8. The Morgan fingerprint density at radius 1 is 1.22 bits per heavy atom. The molecule has 1 spiro atoms. The van der Waals surface area contributed by atoms with E-state index in [9.17, 15) is 30.3 Å².